The first-order valence-corrected chi connectivity index (χ1v) is 10.7. The number of nitrogens with two attached hydrogens (primary N) is 1. The molecule has 7 heteroatoms. The van der Waals surface area contributed by atoms with Gasteiger partial charge in [-0.1, -0.05) is 47.5 Å². The quantitative estimate of drug-likeness (QED) is 0.678. The van der Waals surface area contributed by atoms with E-state index in [0.717, 1.165) is 29.7 Å². The summed E-state index contributed by atoms with van der Waals surface area (Å²) in [4.78, 5) is 14.7. The minimum absolute atomic E-state index is 0.0499. The van der Waals surface area contributed by atoms with Gasteiger partial charge in [-0.05, 0) is 31.0 Å². The van der Waals surface area contributed by atoms with E-state index in [1.54, 1.807) is 17.0 Å². The van der Waals surface area contributed by atoms with Crippen LogP contribution in [0.1, 0.15) is 36.3 Å². The Kier molecular flexibility index (Phi) is 5.95. The largest absolute Gasteiger partial charge is 0.489 e. The van der Waals surface area contributed by atoms with Crippen molar-refractivity contribution < 1.29 is 9.53 Å². The second kappa shape index (κ2) is 8.66. The zero-order valence-corrected chi connectivity index (χ0v) is 18.5. The van der Waals surface area contributed by atoms with Crippen molar-refractivity contribution in [1.82, 2.24) is 4.90 Å². The van der Waals surface area contributed by atoms with Gasteiger partial charge in [0.25, 0.3) is 0 Å². The number of Topliss-reactive ketones (excluding diaryl/α,β-unsaturated/α-hetero) is 1. The summed E-state index contributed by atoms with van der Waals surface area (Å²) in [5.41, 5.74) is 9.73. The molecule has 31 heavy (non-hydrogen) atoms. The number of carbonyl (C=O) groups is 1. The van der Waals surface area contributed by atoms with Crippen molar-refractivity contribution in [2.24, 2.45) is 5.73 Å². The van der Waals surface area contributed by atoms with E-state index in [-0.39, 0.29) is 12.4 Å². The van der Waals surface area contributed by atoms with Crippen LogP contribution in [0.25, 0.3) is 0 Å². The molecular formula is C24H21Cl2N3O2. The third kappa shape index (κ3) is 3.89. The molecule has 0 aromatic heterocycles. The second-order valence-electron chi connectivity index (χ2n) is 7.60. The Labute approximate surface area is 191 Å². The molecule has 4 rings (SSSR count). The molecule has 158 valence electrons. The van der Waals surface area contributed by atoms with Crippen molar-refractivity contribution in [1.29, 1.82) is 5.26 Å². The zero-order chi connectivity index (χ0) is 22.1. The van der Waals surface area contributed by atoms with Crippen LogP contribution in [0.2, 0.25) is 10.0 Å². The number of halogens is 2. The van der Waals surface area contributed by atoms with Crippen LogP contribution in [0.5, 0.6) is 5.75 Å². The molecule has 0 saturated heterocycles. The molecule has 0 bridgehead atoms. The Morgan fingerprint density at radius 2 is 2.00 bits per heavy atom. The number of nitriles is 1. The van der Waals surface area contributed by atoms with Crippen LogP contribution in [0.4, 0.5) is 0 Å². The maximum absolute atomic E-state index is 13.0. The number of benzene rings is 2. The van der Waals surface area contributed by atoms with E-state index in [1.165, 1.54) is 0 Å². The fourth-order valence-corrected chi connectivity index (χ4v) is 4.68. The zero-order valence-electron chi connectivity index (χ0n) is 17.0. The van der Waals surface area contributed by atoms with Crippen LogP contribution in [0, 0.1) is 11.3 Å². The van der Waals surface area contributed by atoms with E-state index in [1.807, 2.05) is 37.4 Å². The van der Waals surface area contributed by atoms with Gasteiger partial charge in [-0.3, -0.25) is 4.79 Å². The highest BCUT2D eigenvalue weighted by Crippen LogP contribution is 2.46. The Balaban J connectivity index is 1.77. The number of hydrogen-bond donors (Lipinski definition) is 1. The third-order valence-electron chi connectivity index (χ3n) is 5.80. The van der Waals surface area contributed by atoms with E-state index in [2.05, 4.69) is 6.07 Å². The summed E-state index contributed by atoms with van der Waals surface area (Å²) < 4.78 is 6.12. The third-order valence-corrected chi connectivity index (χ3v) is 6.38. The minimum Gasteiger partial charge on any atom is -0.489 e. The summed E-state index contributed by atoms with van der Waals surface area (Å²) in [6.45, 7) is 0.223. The molecule has 0 fully saturated rings. The van der Waals surface area contributed by atoms with Crippen LogP contribution in [-0.2, 0) is 11.4 Å². The number of hydrogen-bond acceptors (Lipinski definition) is 5. The fraction of sp³-hybridized carbons (Fsp3) is 0.250. The van der Waals surface area contributed by atoms with Crippen molar-refractivity contribution in [3.63, 3.8) is 0 Å². The van der Waals surface area contributed by atoms with Crippen molar-refractivity contribution >= 4 is 29.0 Å². The lowest BCUT2D eigenvalue weighted by atomic mass is 9.75. The molecular weight excluding hydrogens is 433 g/mol. The standard InChI is InChI=1S/C24H21Cl2N3O2/c1-29-19-6-4-7-20(30)23(19)22(17(12-27)24(29)28)16-5-2-3-8-21(16)31-13-14-9-10-15(25)11-18(14)26/h2-3,5,8-11,22H,4,6-7,13,28H2,1H3/t22-/m1/s1. The van der Waals surface area contributed by atoms with Crippen LogP contribution >= 0.6 is 23.2 Å². The first kappa shape index (κ1) is 21.3. The Morgan fingerprint density at radius 1 is 1.23 bits per heavy atom. The van der Waals surface area contributed by atoms with Crippen LogP contribution in [0.15, 0.2) is 65.1 Å². The van der Waals surface area contributed by atoms with E-state index in [4.69, 9.17) is 33.7 Å². The monoisotopic (exact) mass is 453 g/mol. The summed E-state index contributed by atoms with van der Waals surface area (Å²) in [7, 11) is 1.81. The highest BCUT2D eigenvalue weighted by molar-refractivity contribution is 6.35. The highest BCUT2D eigenvalue weighted by Gasteiger charge is 2.39. The number of ketones is 1. The van der Waals surface area contributed by atoms with Gasteiger partial charge >= 0.3 is 0 Å². The molecule has 2 aliphatic rings. The first-order valence-electron chi connectivity index (χ1n) is 9.97. The molecule has 5 nitrogen and oxygen atoms in total. The molecule has 0 radical (unpaired) electrons. The molecule has 1 heterocycles. The lowest BCUT2D eigenvalue weighted by Gasteiger charge is -2.38. The molecule has 2 N–H and O–H groups in total. The molecule has 1 aliphatic heterocycles. The van der Waals surface area contributed by atoms with Crippen molar-refractivity contribution in [2.45, 2.75) is 31.8 Å². The number of nitrogens with zero attached hydrogens (tertiary/aromatic N) is 2. The number of carbonyl (C=O) groups excluding carboxylic acids is 1. The predicted molar refractivity (Wildman–Crippen MR) is 120 cm³/mol. The molecule has 2 aromatic rings. The van der Waals surface area contributed by atoms with Gasteiger partial charge in [0.1, 0.15) is 18.2 Å². The van der Waals surface area contributed by atoms with Crippen LogP contribution in [0.3, 0.4) is 0 Å². The molecule has 0 saturated carbocycles. The molecule has 1 aliphatic carbocycles. The van der Waals surface area contributed by atoms with Crippen LogP contribution < -0.4 is 10.5 Å². The number of rotatable bonds is 4. The Morgan fingerprint density at radius 3 is 2.74 bits per heavy atom. The topological polar surface area (TPSA) is 79.3 Å². The summed E-state index contributed by atoms with van der Waals surface area (Å²) in [5, 5.41) is 11.0. The molecule has 1 atom stereocenters. The van der Waals surface area contributed by atoms with Gasteiger partial charge in [0, 0.05) is 45.9 Å². The maximum Gasteiger partial charge on any atom is 0.161 e. The van der Waals surface area contributed by atoms with E-state index < -0.39 is 5.92 Å². The average Bonchev–Trinajstić information content (AvgIpc) is 2.76. The van der Waals surface area contributed by atoms with Gasteiger partial charge in [-0.25, -0.2) is 0 Å². The van der Waals surface area contributed by atoms with Crippen molar-refractivity contribution in [3.8, 4) is 11.8 Å². The Hall–Kier alpha value is -2.94. The minimum atomic E-state index is -0.555. The normalized spacial score (nSPS) is 18.7. The van der Waals surface area contributed by atoms with Gasteiger partial charge in [0.15, 0.2) is 5.78 Å². The van der Waals surface area contributed by atoms with Gasteiger partial charge < -0.3 is 15.4 Å². The van der Waals surface area contributed by atoms with Crippen molar-refractivity contribution in [3.05, 3.63) is 86.3 Å². The predicted octanol–water partition coefficient (Wildman–Crippen LogP) is 5.30. The summed E-state index contributed by atoms with van der Waals surface area (Å²) in [5.74, 6) is 0.445. The fourth-order valence-electron chi connectivity index (χ4n) is 4.22. The molecule has 0 unspecified atom stereocenters. The lowest BCUT2D eigenvalue weighted by molar-refractivity contribution is -0.116. The van der Waals surface area contributed by atoms with Gasteiger partial charge in [0.05, 0.1) is 17.6 Å². The van der Waals surface area contributed by atoms with E-state index in [0.29, 0.717) is 39.2 Å². The summed E-state index contributed by atoms with van der Waals surface area (Å²) >= 11 is 12.3. The number of para-hydroxylation sites is 1. The smallest absolute Gasteiger partial charge is 0.161 e. The molecule has 0 spiro atoms. The molecule has 2 aromatic carbocycles. The van der Waals surface area contributed by atoms with Crippen LogP contribution in [-0.4, -0.2) is 17.7 Å². The van der Waals surface area contributed by atoms with Gasteiger partial charge in [-0.2, -0.15) is 5.26 Å². The van der Waals surface area contributed by atoms with Crippen molar-refractivity contribution in [2.75, 3.05) is 7.05 Å². The average molecular weight is 454 g/mol. The lowest BCUT2D eigenvalue weighted by Crippen LogP contribution is -2.36. The Bertz CT molecular complexity index is 1160. The second-order valence-corrected chi connectivity index (χ2v) is 8.45. The number of ether oxygens (including phenoxy) is 1. The van der Waals surface area contributed by atoms with Gasteiger partial charge in [0.2, 0.25) is 0 Å². The van der Waals surface area contributed by atoms with E-state index in [9.17, 15) is 10.1 Å². The molecule has 0 amide bonds. The highest BCUT2D eigenvalue weighted by atomic mass is 35.5. The number of allylic oxidation sites excluding steroid dienone is 3. The maximum atomic E-state index is 13.0. The summed E-state index contributed by atoms with van der Waals surface area (Å²) in [6, 6.07) is 14.9. The first-order chi connectivity index (χ1) is 14.9. The van der Waals surface area contributed by atoms with Gasteiger partial charge in [-0.15, -0.1) is 0 Å². The summed E-state index contributed by atoms with van der Waals surface area (Å²) in [6.07, 6.45) is 1.99. The SMILES string of the molecule is CN1C(N)=C(C#N)[C@@H](c2ccccc2OCc2ccc(Cl)cc2Cl)C2=C1CCCC2=O. The van der Waals surface area contributed by atoms with E-state index >= 15 is 0 Å².